The van der Waals surface area contributed by atoms with Gasteiger partial charge in [-0.1, -0.05) is 34.1 Å². The highest BCUT2D eigenvalue weighted by molar-refractivity contribution is 9.10. The van der Waals surface area contributed by atoms with E-state index in [0.717, 1.165) is 10.0 Å². The van der Waals surface area contributed by atoms with E-state index in [1.54, 1.807) is 13.8 Å². The average Bonchev–Trinajstić information content (AvgIpc) is 2.21. The van der Waals surface area contributed by atoms with Gasteiger partial charge in [-0.15, -0.1) is 0 Å². The number of carbonyl (C=O) groups excluding carboxylic acids is 1. The van der Waals surface area contributed by atoms with Crippen LogP contribution >= 0.6 is 15.9 Å². The zero-order valence-electron chi connectivity index (χ0n) is 8.79. The lowest BCUT2D eigenvalue weighted by atomic mass is 10.1. The number of benzene rings is 1. The molecule has 1 rings (SSSR count). The molecule has 1 aromatic carbocycles. The first-order valence-corrected chi connectivity index (χ1v) is 5.54. The Balaban J connectivity index is 2.88. The lowest BCUT2D eigenvalue weighted by molar-refractivity contribution is -0.138. The number of hydrogen-bond acceptors (Lipinski definition) is 2. The molecule has 3 heteroatoms. The maximum atomic E-state index is 11.4. The molecule has 1 aromatic rings. The Morgan fingerprint density at radius 2 is 2.13 bits per heavy atom. The summed E-state index contributed by atoms with van der Waals surface area (Å²) in [6.45, 7) is 3.95. The third-order valence-corrected chi connectivity index (χ3v) is 2.60. The van der Waals surface area contributed by atoms with E-state index in [0.29, 0.717) is 12.2 Å². The van der Waals surface area contributed by atoms with Crippen LogP contribution in [0.1, 0.15) is 19.4 Å². The smallest absolute Gasteiger partial charge is 0.333 e. The predicted molar refractivity (Wildman–Crippen MR) is 64.4 cm³/mol. The van der Waals surface area contributed by atoms with Crippen LogP contribution in [0, 0.1) is 0 Å². The fraction of sp³-hybridized carbons (Fsp3) is 0.250. The zero-order valence-corrected chi connectivity index (χ0v) is 10.4. The van der Waals surface area contributed by atoms with Gasteiger partial charge >= 0.3 is 5.97 Å². The van der Waals surface area contributed by atoms with Gasteiger partial charge in [-0.05, 0) is 31.6 Å². The molecule has 0 saturated carbocycles. The molecule has 0 saturated heterocycles. The van der Waals surface area contributed by atoms with Crippen molar-refractivity contribution >= 4 is 28.0 Å². The third kappa shape index (κ3) is 3.51. The van der Waals surface area contributed by atoms with Crippen molar-refractivity contribution < 1.29 is 9.53 Å². The van der Waals surface area contributed by atoms with Crippen molar-refractivity contribution in [3.63, 3.8) is 0 Å². The molecule has 0 N–H and O–H groups in total. The number of carbonyl (C=O) groups is 1. The Morgan fingerprint density at radius 1 is 1.47 bits per heavy atom. The molecule has 0 radical (unpaired) electrons. The van der Waals surface area contributed by atoms with Crippen molar-refractivity contribution in [2.24, 2.45) is 0 Å². The van der Waals surface area contributed by atoms with Gasteiger partial charge in [0.1, 0.15) is 0 Å². The van der Waals surface area contributed by atoms with Gasteiger partial charge in [-0.2, -0.15) is 0 Å². The summed E-state index contributed by atoms with van der Waals surface area (Å²) in [5.74, 6) is -0.270. The van der Waals surface area contributed by atoms with Gasteiger partial charge in [-0.25, -0.2) is 4.79 Å². The quantitative estimate of drug-likeness (QED) is 0.620. The number of halogens is 1. The third-order valence-electron chi connectivity index (χ3n) is 1.87. The van der Waals surface area contributed by atoms with Gasteiger partial charge in [0.05, 0.1) is 6.61 Å². The molecule has 0 fully saturated rings. The van der Waals surface area contributed by atoms with Crippen LogP contribution in [0.15, 0.2) is 34.3 Å². The molecule has 0 aliphatic heterocycles. The first-order chi connectivity index (χ1) is 7.15. The normalized spacial score (nSPS) is 11.3. The van der Waals surface area contributed by atoms with E-state index in [-0.39, 0.29) is 5.97 Å². The van der Waals surface area contributed by atoms with E-state index in [1.807, 2.05) is 30.3 Å². The summed E-state index contributed by atoms with van der Waals surface area (Å²) >= 11 is 3.42. The van der Waals surface area contributed by atoms with Gasteiger partial charge in [0.25, 0.3) is 0 Å². The zero-order chi connectivity index (χ0) is 11.3. The number of hydrogen-bond donors (Lipinski definition) is 0. The van der Waals surface area contributed by atoms with Gasteiger partial charge < -0.3 is 4.74 Å². The van der Waals surface area contributed by atoms with Crippen molar-refractivity contribution in [1.82, 2.24) is 0 Å². The Kier molecular flexibility index (Phi) is 4.56. The summed E-state index contributed by atoms with van der Waals surface area (Å²) in [6, 6.07) is 7.73. The first kappa shape index (κ1) is 12.0. The highest BCUT2D eigenvalue weighted by atomic mass is 79.9. The topological polar surface area (TPSA) is 26.3 Å². The number of ether oxygens (including phenoxy) is 1. The van der Waals surface area contributed by atoms with E-state index in [2.05, 4.69) is 15.9 Å². The molecule has 0 aliphatic rings. The van der Waals surface area contributed by atoms with Crippen LogP contribution in [0.4, 0.5) is 0 Å². The Morgan fingerprint density at radius 3 is 2.73 bits per heavy atom. The van der Waals surface area contributed by atoms with Crippen molar-refractivity contribution in [3.05, 3.63) is 39.9 Å². The van der Waals surface area contributed by atoms with E-state index in [9.17, 15) is 4.79 Å². The Bertz CT molecular complexity index is 383. The molecule has 0 amide bonds. The fourth-order valence-corrected chi connectivity index (χ4v) is 1.53. The minimum atomic E-state index is -0.270. The largest absolute Gasteiger partial charge is 0.463 e. The molecule has 15 heavy (non-hydrogen) atoms. The summed E-state index contributed by atoms with van der Waals surface area (Å²) < 4.78 is 5.86. The van der Waals surface area contributed by atoms with Crippen LogP contribution in [0.25, 0.3) is 6.08 Å². The van der Waals surface area contributed by atoms with Crippen LogP contribution in [0.2, 0.25) is 0 Å². The second-order valence-electron chi connectivity index (χ2n) is 3.07. The van der Waals surface area contributed by atoms with Gasteiger partial charge in [0.2, 0.25) is 0 Å². The molecule has 0 atom stereocenters. The molecular formula is C12H13BrO2. The van der Waals surface area contributed by atoms with E-state index in [1.165, 1.54) is 0 Å². The standard InChI is InChI=1S/C12H13BrO2/c1-3-15-12(14)9(2)8-10-6-4-5-7-11(10)13/h4-8H,3H2,1-2H3/b9-8+. The van der Waals surface area contributed by atoms with Crippen LogP contribution in [-0.4, -0.2) is 12.6 Å². The summed E-state index contributed by atoms with van der Waals surface area (Å²) in [4.78, 5) is 11.4. The first-order valence-electron chi connectivity index (χ1n) is 4.75. The van der Waals surface area contributed by atoms with Gasteiger partial charge in [0, 0.05) is 10.0 Å². The van der Waals surface area contributed by atoms with Crippen molar-refractivity contribution in [1.29, 1.82) is 0 Å². The predicted octanol–water partition coefficient (Wildman–Crippen LogP) is 3.42. The molecule has 80 valence electrons. The van der Waals surface area contributed by atoms with Crippen molar-refractivity contribution in [2.75, 3.05) is 6.61 Å². The Labute approximate surface area is 98.1 Å². The molecule has 0 spiro atoms. The lowest BCUT2D eigenvalue weighted by Gasteiger charge is -2.02. The van der Waals surface area contributed by atoms with Crippen molar-refractivity contribution in [2.45, 2.75) is 13.8 Å². The average molecular weight is 269 g/mol. The maximum absolute atomic E-state index is 11.4. The summed E-state index contributed by atoms with van der Waals surface area (Å²) in [5.41, 5.74) is 1.58. The Hall–Kier alpha value is -1.09. The highest BCUT2D eigenvalue weighted by Gasteiger charge is 2.05. The fourth-order valence-electron chi connectivity index (χ4n) is 1.13. The SMILES string of the molecule is CCOC(=O)/C(C)=C/c1ccccc1Br. The maximum Gasteiger partial charge on any atom is 0.333 e. The molecule has 0 aromatic heterocycles. The van der Waals surface area contributed by atoms with Crippen LogP contribution in [-0.2, 0) is 9.53 Å². The molecular weight excluding hydrogens is 256 g/mol. The van der Waals surface area contributed by atoms with Gasteiger partial charge in [-0.3, -0.25) is 0 Å². The number of rotatable bonds is 3. The molecule has 0 heterocycles. The minimum absolute atomic E-state index is 0.270. The number of esters is 1. The molecule has 2 nitrogen and oxygen atoms in total. The monoisotopic (exact) mass is 268 g/mol. The molecule has 0 bridgehead atoms. The summed E-state index contributed by atoms with van der Waals surface area (Å²) in [5, 5.41) is 0. The molecule has 0 aliphatic carbocycles. The summed E-state index contributed by atoms with van der Waals surface area (Å²) in [7, 11) is 0. The van der Waals surface area contributed by atoms with Crippen molar-refractivity contribution in [3.8, 4) is 0 Å². The van der Waals surface area contributed by atoms with Crippen LogP contribution in [0.5, 0.6) is 0 Å². The van der Waals surface area contributed by atoms with Gasteiger partial charge in [0.15, 0.2) is 0 Å². The molecule has 0 unspecified atom stereocenters. The second kappa shape index (κ2) is 5.71. The van der Waals surface area contributed by atoms with E-state index < -0.39 is 0 Å². The van der Waals surface area contributed by atoms with E-state index >= 15 is 0 Å². The van der Waals surface area contributed by atoms with Crippen LogP contribution < -0.4 is 0 Å². The second-order valence-corrected chi connectivity index (χ2v) is 3.92. The highest BCUT2D eigenvalue weighted by Crippen LogP contribution is 2.19. The minimum Gasteiger partial charge on any atom is -0.463 e. The lowest BCUT2D eigenvalue weighted by Crippen LogP contribution is -2.04. The summed E-state index contributed by atoms with van der Waals surface area (Å²) in [6.07, 6.45) is 1.81. The van der Waals surface area contributed by atoms with E-state index in [4.69, 9.17) is 4.74 Å². The van der Waals surface area contributed by atoms with Crippen LogP contribution in [0.3, 0.4) is 0 Å².